The van der Waals surface area contributed by atoms with E-state index in [4.69, 9.17) is 21.1 Å². The molecule has 0 aliphatic heterocycles. The van der Waals surface area contributed by atoms with Crippen LogP contribution in [-0.2, 0) is 6.18 Å². The molecule has 2 aromatic heterocycles. The molecule has 0 aliphatic rings. The Labute approximate surface area is 175 Å². The molecule has 0 radical (unpaired) electrons. The first kappa shape index (κ1) is 21.8. The van der Waals surface area contributed by atoms with E-state index in [-0.39, 0.29) is 22.1 Å². The number of rotatable bonds is 6. The highest BCUT2D eigenvalue weighted by molar-refractivity contribution is 6.33. The number of anilines is 1. The highest BCUT2D eigenvalue weighted by Gasteiger charge is 2.33. The van der Waals surface area contributed by atoms with E-state index in [9.17, 15) is 18.0 Å². The standard InChI is InChI=1S/C20H19ClF3N3O3/c1-4-29-15-7-6-13(9-16(15)30-5-2)26-19(28)17-11(3)25-18-14(21)8-12(10-27(17)18)20(22,23)24/h6-10H,4-5H2,1-3H3,(H,26,28). The zero-order chi connectivity index (χ0) is 22.1. The van der Waals surface area contributed by atoms with Gasteiger partial charge in [0.1, 0.15) is 5.69 Å². The summed E-state index contributed by atoms with van der Waals surface area (Å²) in [6.07, 6.45) is -3.81. The Hall–Kier alpha value is -2.94. The predicted molar refractivity (Wildman–Crippen MR) is 107 cm³/mol. The number of ether oxygens (including phenoxy) is 2. The minimum Gasteiger partial charge on any atom is -0.490 e. The lowest BCUT2D eigenvalue weighted by Gasteiger charge is -2.13. The number of hydrogen-bond donors (Lipinski definition) is 1. The summed E-state index contributed by atoms with van der Waals surface area (Å²) in [4.78, 5) is 17.0. The number of imidazole rings is 1. The van der Waals surface area contributed by atoms with Gasteiger partial charge in [0.2, 0.25) is 0 Å². The Morgan fingerprint density at radius 1 is 1.17 bits per heavy atom. The molecular weight excluding hydrogens is 423 g/mol. The molecule has 1 amide bonds. The van der Waals surface area contributed by atoms with Gasteiger partial charge < -0.3 is 14.8 Å². The molecule has 0 bridgehead atoms. The maximum atomic E-state index is 13.2. The van der Waals surface area contributed by atoms with Gasteiger partial charge in [-0.1, -0.05) is 11.6 Å². The average molecular weight is 442 g/mol. The number of halogens is 4. The summed E-state index contributed by atoms with van der Waals surface area (Å²) >= 11 is 5.98. The fraction of sp³-hybridized carbons (Fsp3) is 0.300. The van der Waals surface area contributed by atoms with Crippen LogP contribution in [0.5, 0.6) is 11.5 Å². The van der Waals surface area contributed by atoms with Gasteiger partial charge in [-0.3, -0.25) is 9.20 Å². The lowest BCUT2D eigenvalue weighted by atomic mass is 10.2. The van der Waals surface area contributed by atoms with Gasteiger partial charge in [0.15, 0.2) is 17.1 Å². The van der Waals surface area contributed by atoms with Crippen LogP contribution in [-0.4, -0.2) is 28.5 Å². The van der Waals surface area contributed by atoms with Crippen molar-refractivity contribution >= 4 is 28.8 Å². The minimum absolute atomic E-state index is 0.0511. The number of aryl methyl sites for hydroxylation is 1. The summed E-state index contributed by atoms with van der Waals surface area (Å²) in [6, 6.07) is 5.62. The number of hydrogen-bond acceptors (Lipinski definition) is 4. The van der Waals surface area contributed by atoms with Gasteiger partial charge in [0.25, 0.3) is 5.91 Å². The third kappa shape index (κ3) is 4.30. The molecule has 0 fully saturated rings. The largest absolute Gasteiger partial charge is 0.490 e. The second-order valence-electron chi connectivity index (χ2n) is 6.30. The first-order valence-corrected chi connectivity index (χ1v) is 9.49. The third-order valence-electron chi connectivity index (χ3n) is 4.19. The van der Waals surface area contributed by atoms with Gasteiger partial charge in [0.05, 0.1) is 29.5 Å². The average Bonchev–Trinajstić information content (AvgIpc) is 3.00. The highest BCUT2D eigenvalue weighted by atomic mass is 35.5. The summed E-state index contributed by atoms with van der Waals surface area (Å²) in [5.74, 6) is 0.321. The maximum Gasteiger partial charge on any atom is 0.417 e. The molecule has 10 heteroatoms. The molecule has 160 valence electrons. The first-order valence-electron chi connectivity index (χ1n) is 9.12. The van der Waals surface area contributed by atoms with E-state index in [2.05, 4.69) is 10.3 Å². The number of amides is 1. The number of nitrogens with zero attached hydrogens (tertiary/aromatic N) is 2. The van der Waals surface area contributed by atoms with Crippen LogP contribution in [0.4, 0.5) is 18.9 Å². The maximum absolute atomic E-state index is 13.2. The van der Waals surface area contributed by atoms with Crippen LogP contribution >= 0.6 is 11.6 Å². The molecule has 3 rings (SSSR count). The Morgan fingerprint density at radius 2 is 1.83 bits per heavy atom. The molecule has 1 N–H and O–H groups in total. The Morgan fingerprint density at radius 3 is 2.47 bits per heavy atom. The zero-order valence-corrected chi connectivity index (χ0v) is 17.2. The second kappa shape index (κ2) is 8.43. The molecule has 0 unspecified atom stereocenters. The molecule has 6 nitrogen and oxygen atoms in total. The van der Waals surface area contributed by atoms with Crippen molar-refractivity contribution in [3.63, 3.8) is 0 Å². The normalized spacial score (nSPS) is 11.6. The van der Waals surface area contributed by atoms with Gasteiger partial charge in [-0.15, -0.1) is 0 Å². The minimum atomic E-state index is -4.62. The first-order chi connectivity index (χ1) is 14.2. The molecule has 0 saturated heterocycles. The van der Waals surface area contributed by atoms with Crippen LogP contribution in [0.25, 0.3) is 5.65 Å². The van der Waals surface area contributed by atoms with E-state index in [1.165, 1.54) is 6.92 Å². The number of nitrogens with one attached hydrogen (secondary N) is 1. The molecule has 3 aromatic rings. The Balaban J connectivity index is 2.00. The van der Waals surface area contributed by atoms with E-state index in [1.54, 1.807) is 18.2 Å². The van der Waals surface area contributed by atoms with Gasteiger partial charge in [-0.05, 0) is 39.0 Å². The Kier molecular flexibility index (Phi) is 6.12. The van der Waals surface area contributed by atoms with Gasteiger partial charge in [-0.2, -0.15) is 13.2 Å². The van der Waals surface area contributed by atoms with Gasteiger partial charge in [0, 0.05) is 18.0 Å². The third-order valence-corrected chi connectivity index (χ3v) is 4.47. The Bertz CT molecular complexity index is 1100. The van der Waals surface area contributed by atoms with Crippen LogP contribution in [0.15, 0.2) is 30.5 Å². The van der Waals surface area contributed by atoms with Crippen molar-refractivity contribution in [1.82, 2.24) is 9.38 Å². The van der Waals surface area contributed by atoms with Gasteiger partial charge in [-0.25, -0.2) is 4.98 Å². The molecule has 0 aliphatic carbocycles. The van der Waals surface area contributed by atoms with Crippen molar-refractivity contribution in [1.29, 1.82) is 0 Å². The zero-order valence-electron chi connectivity index (χ0n) is 16.4. The SMILES string of the molecule is CCOc1ccc(NC(=O)c2c(C)nc3c(Cl)cc(C(F)(F)F)cn23)cc1OCC. The molecule has 0 saturated carbocycles. The molecule has 1 aromatic carbocycles. The topological polar surface area (TPSA) is 64.9 Å². The molecule has 30 heavy (non-hydrogen) atoms. The van der Waals surface area contributed by atoms with Crippen LogP contribution < -0.4 is 14.8 Å². The summed E-state index contributed by atoms with van der Waals surface area (Å²) in [7, 11) is 0. The summed E-state index contributed by atoms with van der Waals surface area (Å²) < 4.78 is 51.6. The summed E-state index contributed by atoms with van der Waals surface area (Å²) in [5, 5.41) is 2.46. The number of alkyl halides is 3. The van der Waals surface area contributed by atoms with E-state index < -0.39 is 17.6 Å². The predicted octanol–water partition coefficient (Wildman–Crippen LogP) is 5.36. The van der Waals surface area contributed by atoms with Crippen LogP contribution in [0, 0.1) is 6.92 Å². The van der Waals surface area contributed by atoms with Crippen molar-refractivity contribution in [2.75, 3.05) is 18.5 Å². The number of benzene rings is 1. The van der Waals surface area contributed by atoms with E-state index >= 15 is 0 Å². The highest BCUT2D eigenvalue weighted by Crippen LogP contribution is 2.34. The van der Waals surface area contributed by atoms with Crippen molar-refractivity contribution in [2.24, 2.45) is 0 Å². The fourth-order valence-corrected chi connectivity index (χ4v) is 3.22. The number of aromatic nitrogens is 2. The number of carbonyl (C=O) groups is 1. The van der Waals surface area contributed by atoms with Crippen molar-refractivity contribution in [3.8, 4) is 11.5 Å². The van der Waals surface area contributed by atoms with E-state index in [0.717, 1.165) is 16.7 Å². The van der Waals surface area contributed by atoms with Crippen LogP contribution in [0.1, 0.15) is 35.6 Å². The quantitative estimate of drug-likeness (QED) is 0.559. The summed E-state index contributed by atoms with van der Waals surface area (Å²) in [5.41, 5.74) is -0.339. The molecule has 2 heterocycles. The van der Waals surface area contributed by atoms with Crippen LogP contribution in [0.3, 0.4) is 0 Å². The molecule has 0 atom stereocenters. The van der Waals surface area contributed by atoms with Crippen molar-refractivity contribution < 1.29 is 27.4 Å². The number of fused-ring (bicyclic) bond motifs is 1. The lowest BCUT2D eigenvalue weighted by Crippen LogP contribution is -2.16. The molecular formula is C20H19ClF3N3O3. The number of pyridine rings is 1. The number of carbonyl (C=O) groups excluding carboxylic acids is 1. The monoisotopic (exact) mass is 441 g/mol. The lowest BCUT2D eigenvalue weighted by molar-refractivity contribution is -0.137. The van der Waals surface area contributed by atoms with Crippen molar-refractivity contribution in [2.45, 2.75) is 26.9 Å². The fourth-order valence-electron chi connectivity index (χ4n) is 2.97. The second-order valence-corrected chi connectivity index (χ2v) is 6.70. The van der Waals surface area contributed by atoms with Gasteiger partial charge >= 0.3 is 6.18 Å². The van der Waals surface area contributed by atoms with Crippen molar-refractivity contribution in [3.05, 3.63) is 52.4 Å². The summed E-state index contributed by atoms with van der Waals surface area (Å²) in [6.45, 7) is 6.00. The van der Waals surface area contributed by atoms with Crippen LogP contribution in [0.2, 0.25) is 5.02 Å². The van der Waals surface area contributed by atoms with E-state index in [0.29, 0.717) is 30.4 Å². The smallest absolute Gasteiger partial charge is 0.417 e. The van der Waals surface area contributed by atoms with E-state index in [1.807, 2.05) is 13.8 Å². The molecule has 0 spiro atoms.